The van der Waals surface area contributed by atoms with Gasteiger partial charge in [0.15, 0.2) is 0 Å². The van der Waals surface area contributed by atoms with E-state index in [0.717, 1.165) is 83.5 Å². The summed E-state index contributed by atoms with van der Waals surface area (Å²) in [4.78, 5) is 14.8. The third kappa shape index (κ3) is 4.51. The minimum atomic E-state index is 0.601. The van der Waals surface area contributed by atoms with Crippen molar-refractivity contribution in [2.24, 2.45) is 0 Å². The van der Waals surface area contributed by atoms with E-state index in [1.54, 1.807) is 0 Å². The normalized spacial score (nSPS) is 11.5. The van der Waals surface area contributed by atoms with Gasteiger partial charge in [-0.2, -0.15) is 0 Å². The molecule has 5 heteroatoms. The molecule has 4 aromatic heterocycles. The van der Waals surface area contributed by atoms with Crippen molar-refractivity contribution in [2.45, 2.75) is 6.92 Å². The van der Waals surface area contributed by atoms with E-state index in [9.17, 15) is 0 Å². The molecule has 0 amide bonds. The molecule has 0 aliphatic rings. The van der Waals surface area contributed by atoms with Crippen LogP contribution in [0.25, 0.3) is 83.6 Å². The average molecular weight is 605 g/mol. The maximum absolute atomic E-state index is 6.30. The predicted octanol–water partition coefficient (Wildman–Crippen LogP) is 10.7. The van der Waals surface area contributed by atoms with E-state index >= 15 is 0 Å². The van der Waals surface area contributed by atoms with Crippen LogP contribution in [0.2, 0.25) is 0 Å². The monoisotopic (exact) mass is 604 g/mol. The molecule has 0 saturated carbocycles. The molecule has 0 spiro atoms. The zero-order valence-corrected chi connectivity index (χ0v) is 25.6. The van der Waals surface area contributed by atoms with Crippen LogP contribution < -0.4 is 0 Å². The Morgan fingerprint density at radius 2 is 1.21 bits per heavy atom. The smallest absolute Gasteiger partial charge is 0.227 e. The number of imidazole rings is 1. The van der Waals surface area contributed by atoms with Crippen LogP contribution >= 0.6 is 0 Å². The highest BCUT2D eigenvalue weighted by atomic mass is 16.3. The van der Waals surface area contributed by atoms with Crippen LogP contribution in [0.5, 0.6) is 0 Å². The molecular formula is C42H28N4O. The van der Waals surface area contributed by atoms with Gasteiger partial charge in [-0.15, -0.1) is 0 Å². The lowest BCUT2D eigenvalue weighted by atomic mass is 9.95. The zero-order chi connectivity index (χ0) is 31.3. The molecule has 47 heavy (non-hydrogen) atoms. The van der Waals surface area contributed by atoms with Crippen LogP contribution in [0, 0.1) is 6.92 Å². The highest BCUT2D eigenvalue weighted by Gasteiger charge is 2.23. The van der Waals surface area contributed by atoms with Crippen molar-refractivity contribution in [3.05, 3.63) is 158 Å². The zero-order valence-electron chi connectivity index (χ0n) is 25.6. The summed E-state index contributed by atoms with van der Waals surface area (Å²) in [6, 6.07) is 48.4. The molecule has 0 unspecified atom stereocenters. The SMILES string of the molecule is Cc1nccc2nc(-c3cnc4oc5cc(-c6ccccc6)ccc5c4c3)n(-c3c(-c4ccccc4)cccc3-c3ccccc3)c12. The lowest BCUT2D eigenvalue weighted by molar-refractivity contribution is 0.654. The van der Waals surface area contributed by atoms with Gasteiger partial charge in [-0.25, -0.2) is 9.97 Å². The number of hydrogen-bond acceptors (Lipinski definition) is 4. The molecular weight excluding hydrogens is 576 g/mol. The molecule has 0 saturated heterocycles. The number of para-hydroxylation sites is 1. The Kier molecular flexibility index (Phi) is 6.28. The van der Waals surface area contributed by atoms with E-state index in [0.29, 0.717) is 5.71 Å². The number of hydrogen-bond donors (Lipinski definition) is 0. The summed E-state index contributed by atoms with van der Waals surface area (Å²) in [5.74, 6) is 0.793. The third-order valence-electron chi connectivity index (χ3n) is 8.87. The van der Waals surface area contributed by atoms with Crippen molar-refractivity contribution in [1.29, 1.82) is 0 Å². The summed E-state index contributed by atoms with van der Waals surface area (Å²) in [5, 5.41) is 1.97. The van der Waals surface area contributed by atoms with Gasteiger partial charge in [0.2, 0.25) is 5.71 Å². The van der Waals surface area contributed by atoms with Crippen LogP contribution in [0.15, 0.2) is 156 Å². The largest absolute Gasteiger partial charge is 0.438 e. The topological polar surface area (TPSA) is 56.7 Å². The molecule has 5 nitrogen and oxygen atoms in total. The number of furan rings is 1. The summed E-state index contributed by atoms with van der Waals surface area (Å²) >= 11 is 0. The Morgan fingerprint density at radius 1 is 0.553 bits per heavy atom. The lowest BCUT2D eigenvalue weighted by Crippen LogP contribution is -2.04. The van der Waals surface area contributed by atoms with Gasteiger partial charge in [0.05, 0.1) is 22.4 Å². The molecule has 0 atom stereocenters. The lowest BCUT2D eigenvalue weighted by Gasteiger charge is -2.20. The van der Waals surface area contributed by atoms with E-state index in [4.69, 9.17) is 19.4 Å². The second-order valence-electron chi connectivity index (χ2n) is 11.7. The Morgan fingerprint density at radius 3 is 1.89 bits per heavy atom. The summed E-state index contributed by atoms with van der Waals surface area (Å²) < 4.78 is 8.58. The first kappa shape index (κ1) is 27.0. The van der Waals surface area contributed by atoms with Crippen molar-refractivity contribution in [3.63, 3.8) is 0 Å². The highest BCUT2D eigenvalue weighted by Crippen LogP contribution is 2.41. The van der Waals surface area contributed by atoms with Gasteiger partial charge >= 0.3 is 0 Å². The van der Waals surface area contributed by atoms with Crippen molar-refractivity contribution in [1.82, 2.24) is 19.5 Å². The molecule has 9 rings (SSSR count). The number of aryl methyl sites for hydroxylation is 1. The quantitative estimate of drug-likeness (QED) is 0.196. The standard InChI is InChI=1S/C42H28N4O/c1-27-39-37(22-23-43-27)45-41(32-24-36-35-21-20-31(28-12-5-2-6-13-28)25-38(35)47-42(36)44-26-32)46(39)40-33(29-14-7-3-8-15-29)18-11-19-34(40)30-16-9-4-10-17-30/h2-26H,1H3. The fourth-order valence-electron chi connectivity index (χ4n) is 6.67. The van der Waals surface area contributed by atoms with Crippen molar-refractivity contribution in [2.75, 3.05) is 0 Å². The predicted molar refractivity (Wildman–Crippen MR) is 190 cm³/mol. The molecule has 0 aliphatic heterocycles. The average Bonchev–Trinajstić information content (AvgIpc) is 3.71. The van der Waals surface area contributed by atoms with Crippen LogP contribution in [-0.4, -0.2) is 19.5 Å². The number of rotatable bonds is 5. The van der Waals surface area contributed by atoms with E-state index in [2.05, 4.69) is 132 Å². The molecule has 9 aromatic rings. The number of pyridine rings is 2. The minimum Gasteiger partial charge on any atom is -0.438 e. The van der Waals surface area contributed by atoms with Crippen LogP contribution in [0.3, 0.4) is 0 Å². The minimum absolute atomic E-state index is 0.601. The van der Waals surface area contributed by atoms with Gasteiger partial charge in [0, 0.05) is 39.9 Å². The third-order valence-corrected chi connectivity index (χ3v) is 8.87. The van der Waals surface area contributed by atoms with Crippen molar-refractivity contribution >= 4 is 33.1 Å². The number of benzene rings is 5. The maximum atomic E-state index is 6.30. The van der Waals surface area contributed by atoms with Crippen LogP contribution in [-0.2, 0) is 0 Å². The van der Waals surface area contributed by atoms with Crippen molar-refractivity contribution in [3.8, 4) is 50.5 Å². The molecule has 0 aliphatic carbocycles. The second kappa shape index (κ2) is 10.9. The summed E-state index contributed by atoms with van der Waals surface area (Å²) in [6.45, 7) is 2.05. The number of fused-ring (bicyclic) bond motifs is 4. The molecule has 222 valence electrons. The van der Waals surface area contributed by atoms with E-state index in [1.165, 1.54) is 0 Å². The van der Waals surface area contributed by atoms with Gasteiger partial charge in [-0.1, -0.05) is 115 Å². The Balaban J connectivity index is 1.32. The summed E-state index contributed by atoms with van der Waals surface area (Å²) in [5.41, 5.74) is 12.8. The molecule has 0 bridgehead atoms. The fourth-order valence-corrected chi connectivity index (χ4v) is 6.67. The van der Waals surface area contributed by atoms with Gasteiger partial charge in [0.1, 0.15) is 11.4 Å². The van der Waals surface area contributed by atoms with E-state index in [-0.39, 0.29) is 0 Å². The van der Waals surface area contributed by atoms with Gasteiger partial charge in [-0.3, -0.25) is 9.55 Å². The van der Waals surface area contributed by atoms with Crippen LogP contribution in [0.1, 0.15) is 5.69 Å². The molecule has 0 N–H and O–H groups in total. The second-order valence-corrected chi connectivity index (χ2v) is 11.7. The fraction of sp³-hybridized carbons (Fsp3) is 0.0238. The first-order chi connectivity index (χ1) is 23.2. The Hall–Kier alpha value is -6.33. The van der Waals surface area contributed by atoms with Gasteiger partial charge < -0.3 is 4.42 Å². The van der Waals surface area contributed by atoms with Crippen LogP contribution in [0.4, 0.5) is 0 Å². The maximum Gasteiger partial charge on any atom is 0.227 e. The Bertz CT molecular complexity index is 2510. The summed E-state index contributed by atoms with van der Waals surface area (Å²) in [7, 11) is 0. The number of nitrogens with zero attached hydrogens (tertiary/aromatic N) is 4. The first-order valence-corrected chi connectivity index (χ1v) is 15.7. The highest BCUT2D eigenvalue weighted by molar-refractivity contribution is 6.06. The number of aromatic nitrogens is 4. The summed E-state index contributed by atoms with van der Waals surface area (Å²) in [6.07, 6.45) is 3.70. The van der Waals surface area contributed by atoms with Crippen molar-refractivity contribution < 1.29 is 4.42 Å². The molecule has 0 radical (unpaired) electrons. The van der Waals surface area contributed by atoms with Gasteiger partial charge in [0.25, 0.3) is 0 Å². The first-order valence-electron chi connectivity index (χ1n) is 15.7. The van der Waals surface area contributed by atoms with E-state index < -0.39 is 0 Å². The molecule has 0 fully saturated rings. The Labute approximate surface area is 271 Å². The van der Waals surface area contributed by atoms with E-state index in [1.807, 2.05) is 31.5 Å². The van der Waals surface area contributed by atoms with Gasteiger partial charge in [-0.05, 0) is 53.4 Å². The molecule has 5 aromatic carbocycles. The molecule has 4 heterocycles.